The number of carbonyl (C=O) groups excluding carboxylic acids is 3. The number of alkyl carbamates (subject to hydrolysis) is 1. The zero-order chi connectivity index (χ0) is 26.1. The number of hydrogen-bond acceptors (Lipinski definition) is 7. The Bertz CT molecular complexity index is 973. The van der Waals surface area contributed by atoms with E-state index in [1.54, 1.807) is 65.8 Å². The minimum Gasteiger partial charge on any atom is -0.482 e. The molecular weight excluding hydrogens is 450 g/mol. The van der Waals surface area contributed by atoms with E-state index >= 15 is 0 Å². The van der Waals surface area contributed by atoms with E-state index in [1.807, 2.05) is 30.3 Å². The van der Waals surface area contributed by atoms with Crippen molar-refractivity contribution in [2.75, 3.05) is 6.61 Å². The molecule has 8 nitrogen and oxygen atoms in total. The minimum absolute atomic E-state index is 0.0869. The summed E-state index contributed by atoms with van der Waals surface area (Å²) in [5, 5.41) is 2.61. The predicted octanol–water partition coefficient (Wildman–Crippen LogP) is 4.59. The molecule has 8 heteroatoms. The van der Waals surface area contributed by atoms with Gasteiger partial charge in [0.05, 0.1) is 0 Å². The monoisotopic (exact) mass is 485 g/mol. The Morgan fingerprint density at radius 2 is 1.40 bits per heavy atom. The van der Waals surface area contributed by atoms with Gasteiger partial charge in [-0.1, -0.05) is 42.5 Å². The molecule has 1 atom stereocenters. The second-order valence-electron chi connectivity index (χ2n) is 10.0. The van der Waals surface area contributed by atoms with Gasteiger partial charge in [0, 0.05) is 6.42 Å². The standard InChI is InChI=1S/C27H35NO7/c1-26(2,3)34-23(29)18-32-21-14-12-19(13-15-21)16-22(28-25(31)35-27(4,5)6)24(30)33-17-20-10-8-7-9-11-20/h7-15,22H,16-18H2,1-6H3,(H,28,31)/t22-/m0/s1. The van der Waals surface area contributed by atoms with E-state index in [0.717, 1.165) is 11.1 Å². The van der Waals surface area contributed by atoms with Crippen LogP contribution in [0.25, 0.3) is 0 Å². The molecule has 0 bridgehead atoms. The maximum absolute atomic E-state index is 12.8. The van der Waals surface area contributed by atoms with Gasteiger partial charge in [-0.25, -0.2) is 14.4 Å². The van der Waals surface area contributed by atoms with E-state index < -0.39 is 35.3 Å². The van der Waals surface area contributed by atoms with Crippen molar-refractivity contribution in [1.29, 1.82) is 0 Å². The number of carbonyl (C=O) groups is 3. The molecular formula is C27H35NO7. The van der Waals surface area contributed by atoms with Gasteiger partial charge in [-0.3, -0.25) is 0 Å². The third-order valence-electron chi connectivity index (χ3n) is 4.34. The average molecular weight is 486 g/mol. The SMILES string of the molecule is CC(C)(C)OC(=O)COc1ccc(C[C@H](NC(=O)OC(C)(C)C)C(=O)OCc2ccccc2)cc1. The molecule has 0 saturated heterocycles. The summed E-state index contributed by atoms with van der Waals surface area (Å²) in [4.78, 5) is 37.0. The summed E-state index contributed by atoms with van der Waals surface area (Å²) in [6.45, 7) is 10.4. The molecule has 1 amide bonds. The highest BCUT2D eigenvalue weighted by molar-refractivity contribution is 5.81. The van der Waals surface area contributed by atoms with Crippen molar-refractivity contribution in [2.45, 2.75) is 71.8 Å². The van der Waals surface area contributed by atoms with Gasteiger partial charge in [0.2, 0.25) is 0 Å². The molecule has 2 aromatic rings. The largest absolute Gasteiger partial charge is 0.482 e. The molecule has 0 aliphatic rings. The highest BCUT2D eigenvalue weighted by atomic mass is 16.6. The van der Waals surface area contributed by atoms with Gasteiger partial charge in [0.25, 0.3) is 0 Å². The van der Waals surface area contributed by atoms with E-state index in [1.165, 1.54) is 0 Å². The van der Waals surface area contributed by atoms with Gasteiger partial charge in [0.15, 0.2) is 6.61 Å². The summed E-state index contributed by atoms with van der Waals surface area (Å²) in [7, 11) is 0. The lowest BCUT2D eigenvalue weighted by Gasteiger charge is -2.23. The van der Waals surface area contributed by atoms with Gasteiger partial charge >= 0.3 is 18.0 Å². The third kappa shape index (κ3) is 11.4. The predicted molar refractivity (Wildman–Crippen MR) is 131 cm³/mol. The van der Waals surface area contributed by atoms with Gasteiger partial charge in [-0.05, 0) is 64.8 Å². The number of hydrogen-bond donors (Lipinski definition) is 1. The van der Waals surface area contributed by atoms with Crippen molar-refractivity contribution in [3.8, 4) is 5.75 Å². The fourth-order valence-corrected chi connectivity index (χ4v) is 2.94. The number of amides is 1. The normalized spacial score (nSPS) is 12.3. The van der Waals surface area contributed by atoms with Crippen LogP contribution in [-0.2, 0) is 36.8 Å². The van der Waals surface area contributed by atoms with E-state index in [-0.39, 0.29) is 19.6 Å². The third-order valence-corrected chi connectivity index (χ3v) is 4.34. The Labute approximate surface area is 206 Å². The number of esters is 2. The first-order valence-corrected chi connectivity index (χ1v) is 11.4. The van der Waals surface area contributed by atoms with Gasteiger partial charge < -0.3 is 24.3 Å². The Hall–Kier alpha value is -3.55. The lowest BCUT2D eigenvalue weighted by atomic mass is 10.1. The van der Waals surface area contributed by atoms with E-state index in [0.29, 0.717) is 5.75 Å². The summed E-state index contributed by atoms with van der Waals surface area (Å²) < 4.78 is 21.4. The summed E-state index contributed by atoms with van der Waals surface area (Å²) in [5.41, 5.74) is 0.293. The molecule has 2 rings (SSSR count). The molecule has 0 spiro atoms. The summed E-state index contributed by atoms with van der Waals surface area (Å²) >= 11 is 0. The van der Waals surface area contributed by atoms with Crippen molar-refractivity contribution >= 4 is 18.0 Å². The van der Waals surface area contributed by atoms with Crippen LogP contribution >= 0.6 is 0 Å². The fraction of sp³-hybridized carbons (Fsp3) is 0.444. The fourth-order valence-electron chi connectivity index (χ4n) is 2.94. The first-order valence-electron chi connectivity index (χ1n) is 11.4. The molecule has 190 valence electrons. The molecule has 0 unspecified atom stereocenters. The Balaban J connectivity index is 2.02. The second-order valence-corrected chi connectivity index (χ2v) is 10.0. The molecule has 1 N–H and O–H groups in total. The first kappa shape index (κ1) is 27.7. The minimum atomic E-state index is -0.956. The quantitative estimate of drug-likeness (QED) is 0.410. The smallest absolute Gasteiger partial charge is 0.408 e. The maximum atomic E-state index is 12.8. The zero-order valence-corrected chi connectivity index (χ0v) is 21.3. The molecule has 0 aliphatic carbocycles. The number of benzene rings is 2. The van der Waals surface area contributed by atoms with Crippen LogP contribution in [-0.4, -0.2) is 41.9 Å². The van der Waals surface area contributed by atoms with Crippen molar-refractivity contribution in [3.05, 3.63) is 65.7 Å². The average Bonchev–Trinajstić information content (AvgIpc) is 2.75. The van der Waals surface area contributed by atoms with Gasteiger partial charge in [-0.15, -0.1) is 0 Å². The van der Waals surface area contributed by atoms with Crippen LogP contribution in [0.4, 0.5) is 4.79 Å². The lowest BCUT2D eigenvalue weighted by molar-refractivity contribution is -0.157. The van der Waals surface area contributed by atoms with Crippen molar-refractivity contribution in [2.24, 2.45) is 0 Å². The Morgan fingerprint density at radius 3 is 1.97 bits per heavy atom. The summed E-state index contributed by atoms with van der Waals surface area (Å²) in [5.74, 6) is -0.572. The van der Waals surface area contributed by atoms with Crippen LogP contribution in [0.3, 0.4) is 0 Å². The van der Waals surface area contributed by atoms with Crippen LogP contribution in [0.5, 0.6) is 5.75 Å². The van der Waals surface area contributed by atoms with E-state index in [4.69, 9.17) is 18.9 Å². The molecule has 0 aliphatic heterocycles. The van der Waals surface area contributed by atoms with Crippen LogP contribution in [0.15, 0.2) is 54.6 Å². The van der Waals surface area contributed by atoms with Crippen LogP contribution < -0.4 is 10.1 Å². The van der Waals surface area contributed by atoms with E-state index in [2.05, 4.69) is 5.32 Å². The van der Waals surface area contributed by atoms with Crippen molar-refractivity contribution in [1.82, 2.24) is 5.32 Å². The van der Waals surface area contributed by atoms with Crippen molar-refractivity contribution < 1.29 is 33.3 Å². The summed E-state index contributed by atoms with van der Waals surface area (Å²) in [6.07, 6.45) is -0.532. The van der Waals surface area contributed by atoms with Crippen molar-refractivity contribution in [3.63, 3.8) is 0 Å². The molecule has 2 aromatic carbocycles. The molecule has 0 fully saturated rings. The first-order chi connectivity index (χ1) is 16.3. The van der Waals surface area contributed by atoms with Gasteiger partial charge in [0.1, 0.15) is 29.6 Å². The molecule has 0 saturated carbocycles. The highest BCUT2D eigenvalue weighted by Gasteiger charge is 2.26. The van der Waals surface area contributed by atoms with Crippen LogP contribution in [0, 0.1) is 0 Å². The van der Waals surface area contributed by atoms with Gasteiger partial charge in [-0.2, -0.15) is 0 Å². The van der Waals surface area contributed by atoms with Crippen LogP contribution in [0.1, 0.15) is 52.7 Å². The van der Waals surface area contributed by atoms with E-state index in [9.17, 15) is 14.4 Å². The highest BCUT2D eigenvalue weighted by Crippen LogP contribution is 2.16. The molecule has 35 heavy (non-hydrogen) atoms. The zero-order valence-electron chi connectivity index (χ0n) is 21.3. The lowest BCUT2D eigenvalue weighted by Crippen LogP contribution is -2.45. The topological polar surface area (TPSA) is 100 Å². The maximum Gasteiger partial charge on any atom is 0.408 e. The Kier molecular flexibility index (Phi) is 9.68. The number of nitrogens with one attached hydrogen (secondary N) is 1. The summed E-state index contributed by atoms with van der Waals surface area (Å²) in [6, 6.07) is 15.2. The van der Waals surface area contributed by atoms with Crippen LogP contribution in [0.2, 0.25) is 0 Å². The molecule has 0 heterocycles. The molecule has 0 radical (unpaired) electrons. The molecule has 0 aromatic heterocycles. The number of ether oxygens (including phenoxy) is 4. The Morgan fingerprint density at radius 1 is 0.800 bits per heavy atom. The second kappa shape index (κ2) is 12.2. The number of rotatable bonds is 9.